The SMILES string of the molecule is CC(C)CNc1[nH]c(=O)nc2sccc12. The molecule has 15 heavy (non-hydrogen) atoms. The van der Waals surface area contributed by atoms with Crippen LogP contribution in [0.25, 0.3) is 10.2 Å². The standard InChI is InChI=1S/C10H13N3OS/c1-6(2)5-11-8-7-3-4-15-9(7)13-10(14)12-8/h3-4,6H,5H2,1-2H3,(H2,11,12,13,14). The van der Waals surface area contributed by atoms with E-state index in [1.54, 1.807) is 0 Å². The highest BCUT2D eigenvalue weighted by atomic mass is 32.1. The van der Waals surface area contributed by atoms with Crippen molar-refractivity contribution in [2.75, 3.05) is 11.9 Å². The summed E-state index contributed by atoms with van der Waals surface area (Å²) in [6.07, 6.45) is 0. The summed E-state index contributed by atoms with van der Waals surface area (Å²) in [4.78, 5) is 18.6. The number of fused-ring (bicyclic) bond motifs is 1. The van der Waals surface area contributed by atoms with Crippen LogP contribution in [0.4, 0.5) is 5.82 Å². The quantitative estimate of drug-likeness (QED) is 0.837. The van der Waals surface area contributed by atoms with Crippen molar-refractivity contribution in [3.05, 3.63) is 21.9 Å². The van der Waals surface area contributed by atoms with E-state index in [0.29, 0.717) is 5.92 Å². The summed E-state index contributed by atoms with van der Waals surface area (Å²) >= 11 is 1.48. The number of H-pyrrole nitrogens is 1. The summed E-state index contributed by atoms with van der Waals surface area (Å²) in [5, 5.41) is 6.15. The summed E-state index contributed by atoms with van der Waals surface area (Å²) in [5.74, 6) is 1.32. The van der Waals surface area contributed by atoms with Gasteiger partial charge in [0.15, 0.2) is 0 Å². The van der Waals surface area contributed by atoms with Gasteiger partial charge in [0.2, 0.25) is 0 Å². The molecule has 0 aromatic carbocycles. The van der Waals surface area contributed by atoms with Crippen molar-refractivity contribution in [2.45, 2.75) is 13.8 Å². The number of anilines is 1. The first-order valence-electron chi connectivity index (χ1n) is 4.88. The number of hydrogen-bond acceptors (Lipinski definition) is 4. The number of aromatic amines is 1. The summed E-state index contributed by atoms with van der Waals surface area (Å²) in [7, 11) is 0. The Morgan fingerprint density at radius 2 is 2.40 bits per heavy atom. The lowest BCUT2D eigenvalue weighted by atomic mass is 10.2. The Kier molecular flexibility index (Phi) is 2.73. The van der Waals surface area contributed by atoms with Gasteiger partial charge in [0, 0.05) is 6.54 Å². The molecule has 0 aliphatic heterocycles. The van der Waals surface area contributed by atoms with Crippen molar-refractivity contribution in [3.63, 3.8) is 0 Å². The molecule has 0 fully saturated rings. The van der Waals surface area contributed by atoms with Crippen LogP contribution in [-0.4, -0.2) is 16.5 Å². The first kappa shape index (κ1) is 10.2. The molecular formula is C10H13N3OS. The lowest BCUT2D eigenvalue weighted by Gasteiger charge is -2.08. The number of thiophene rings is 1. The molecule has 2 rings (SSSR count). The van der Waals surface area contributed by atoms with Gasteiger partial charge in [-0.2, -0.15) is 4.98 Å². The van der Waals surface area contributed by atoms with Crippen LogP contribution in [0, 0.1) is 5.92 Å². The van der Waals surface area contributed by atoms with Crippen molar-refractivity contribution < 1.29 is 0 Å². The maximum absolute atomic E-state index is 11.2. The molecule has 0 radical (unpaired) electrons. The van der Waals surface area contributed by atoms with Gasteiger partial charge in [-0.1, -0.05) is 13.8 Å². The van der Waals surface area contributed by atoms with Crippen LogP contribution in [0.5, 0.6) is 0 Å². The van der Waals surface area contributed by atoms with E-state index < -0.39 is 0 Å². The third kappa shape index (κ3) is 2.18. The molecule has 0 saturated carbocycles. The zero-order valence-electron chi connectivity index (χ0n) is 8.70. The zero-order valence-corrected chi connectivity index (χ0v) is 9.52. The highest BCUT2D eigenvalue weighted by Crippen LogP contribution is 2.22. The van der Waals surface area contributed by atoms with Crippen molar-refractivity contribution in [3.8, 4) is 0 Å². The van der Waals surface area contributed by atoms with E-state index in [1.807, 2.05) is 11.4 Å². The normalized spacial score (nSPS) is 11.1. The van der Waals surface area contributed by atoms with E-state index in [2.05, 4.69) is 29.1 Å². The Bertz CT molecular complexity index is 515. The molecule has 2 heterocycles. The van der Waals surface area contributed by atoms with Crippen molar-refractivity contribution >= 4 is 27.4 Å². The Hall–Kier alpha value is -1.36. The second-order valence-corrected chi connectivity index (χ2v) is 4.73. The first-order valence-corrected chi connectivity index (χ1v) is 5.76. The van der Waals surface area contributed by atoms with E-state index in [1.165, 1.54) is 11.3 Å². The average molecular weight is 223 g/mol. The van der Waals surface area contributed by atoms with Crippen LogP contribution in [0.1, 0.15) is 13.8 Å². The van der Waals surface area contributed by atoms with Gasteiger partial charge in [0.05, 0.1) is 5.39 Å². The molecule has 5 heteroatoms. The maximum atomic E-state index is 11.2. The second kappa shape index (κ2) is 4.02. The van der Waals surface area contributed by atoms with Gasteiger partial charge in [0.1, 0.15) is 10.6 Å². The van der Waals surface area contributed by atoms with Crippen molar-refractivity contribution in [1.29, 1.82) is 0 Å². The smallest absolute Gasteiger partial charge is 0.347 e. The van der Waals surface area contributed by atoms with E-state index in [0.717, 1.165) is 22.6 Å². The van der Waals surface area contributed by atoms with Gasteiger partial charge in [-0.25, -0.2) is 4.79 Å². The minimum atomic E-state index is -0.295. The molecule has 0 unspecified atom stereocenters. The summed E-state index contributed by atoms with van der Waals surface area (Å²) in [6, 6.07) is 1.96. The van der Waals surface area contributed by atoms with Crippen LogP contribution in [0.2, 0.25) is 0 Å². The highest BCUT2D eigenvalue weighted by molar-refractivity contribution is 7.16. The predicted molar refractivity (Wildman–Crippen MR) is 63.6 cm³/mol. The van der Waals surface area contributed by atoms with Crippen LogP contribution in [-0.2, 0) is 0 Å². The topological polar surface area (TPSA) is 57.8 Å². The van der Waals surface area contributed by atoms with Crippen LogP contribution < -0.4 is 11.0 Å². The molecule has 0 saturated heterocycles. The molecule has 2 aromatic heterocycles. The van der Waals surface area contributed by atoms with Gasteiger partial charge in [0.25, 0.3) is 0 Å². The van der Waals surface area contributed by atoms with E-state index in [4.69, 9.17) is 0 Å². The molecule has 0 aliphatic carbocycles. The lowest BCUT2D eigenvalue weighted by molar-refractivity contribution is 0.687. The lowest BCUT2D eigenvalue weighted by Crippen LogP contribution is -2.16. The Morgan fingerprint density at radius 3 is 3.13 bits per heavy atom. The fourth-order valence-electron chi connectivity index (χ4n) is 1.32. The van der Waals surface area contributed by atoms with E-state index in [9.17, 15) is 4.79 Å². The molecule has 2 N–H and O–H groups in total. The first-order chi connectivity index (χ1) is 7.16. The second-order valence-electron chi connectivity index (χ2n) is 3.83. The summed E-state index contributed by atoms with van der Waals surface area (Å²) in [5.41, 5.74) is -0.295. The molecular weight excluding hydrogens is 210 g/mol. The van der Waals surface area contributed by atoms with Gasteiger partial charge >= 0.3 is 5.69 Å². The molecule has 2 aromatic rings. The van der Waals surface area contributed by atoms with Gasteiger partial charge in [-0.3, -0.25) is 4.98 Å². The minimum absolute atomic E-state index is 0.295. The van der Waals surface area contributed by atoms with Gasteiger partial charge < -0.3 is 5.32 Å². The fraction of sp³-hybridized carbons (Fsp3) is 0.400. The molecule has 0 amide bonds. The number of aromatic nitrogens is 2. The molecule has 0 spiro atoms. The van der Waals surface area contributed by atoms with Crippen LogP contribution >= 0.6 is 11.3 Å². The van der Waals surface area contributed by atoms with Crippen molar-refractivity contribution in [2.24, 2.45) is 5.92 Å². The van der Waals surface area contributed by atoms with E-state index >= 15 is 0 Å². The third-order valence-electron chi connectivity index (χ3n) is 2.04. The summed E-state index contributed by atoms with van der Waals surface area (Å²) in [6.45, 7) is 5.08. The number of nitrogens with one attached hydrogen (secondary N) is 2. The number of rotatable bonds is 3. The molecule has 0 atom stereocenters. The molecule has 0 bridgehead atoms. The largest absolute Gasteiger partial charge is 0.371 e. The zero-order chi connectivity index (χ0) is 10.8. The summed E-state index contributed by atoms with van der Waals surface area (Å²) < 4.78 is 0. The van der Waals surface area contributed by atoms with Crippen molar-refractivity contribution in [1.82, 2.24) is 9.97 Å². The molecule has 4 nitrogen and oxygen atoms in total. The Morgan fingerprint density at radius 1 is 1.60 bits per heavy atom. The third-order valence-corrected chi connectivity index (χ3v) is 2.84. The number of hydrogen-bond donors (Lipinski definition) is 2. The fourth-order valence-corrected chi connectivity index (χ4v) is 2.08. The minimum Gasteiger partial charge on any atom is -0.371 e. The van der Waals surface area contributed by atoms with Crippen LogP contribution in [0.15, 0.2) is 16.2 Å². The maximum Gasteiger partial charge on any atom is 0.347 e. The van der Waals surface area contributed by atoms with Crippen LogP contribution in [0.3, 0.4) is 0 Å². The monoisotopic (exact) mass is 223 g/mol. The number of nitrogens with zero attached hydrogens (tertiary/aromatic N) is 1. The van der Waals surface area contributed by atoms with Gasteiger partial charge in [-0.05, 0) is 17.4 Å². The highest BCUT2D eigenvalue weighted by Gasteiger charge is 2.05. The average Bonchev–Trinajstić information content (AvgIpc) is 2.61. The predicted octanol–water partition coefficient (Wildman–Crippen LogP) is 2.05. The molecule has 80 valence electrons. The Balaban J connectivity index is 2.40. The molecule has 0 aliphatic rings. The van der Waals surface area contributed by atoms with E-state index in [-0.39, 0.29) is 5.69 Å². The Labute approximate surface area is 91.4 Å². The van der Waals surface area contributed by atoms with Gasteiger partial charge in [-0.15, -0.1) is 11.3 Å².